The molecule has 0 bridgehead atoms. The van der Waals surface area contributed by atoms with Crippen LogP contribution in [0.2, 0.25) is 5.02 Å². The number of nitrogens with zero attached hydrogens (tertiary/aromatic N) is 3. The van der Waals surface area contributed by atoms with Gasteiger partial charge >= 0.3 is 0 Å². The van der Waals surface area contributed by atoms with Crippen LogP contribution in [0.25, 0.3) is 5.69 Å². The van der Waals surface area contributed by atoms with E-state index in [1.165, 1.54) is 10.7 Å². The van der Waals surface area contributed by atoms with Crippen LogP contribution in [-0.4, -0.2) is 20.8 Å². The third kappa shape index (κ3) is 2.38. The second kappa shape index (κ2) is 5.48. The van der Waals surface area contributed by atoms with Crippen LogP contribution in [0.5, 0.6) is 0 Å². The minimum absolute atomic E-state index is 0.0124. The van der Waals surface area contributed by atoms with Crippen molar-refractivity contribution in [1.82, 2.24) is 15.0 Å². The molecule has 2 aromatic rings. The van der Waals surface area contributed by atoms with Crippen molar-refractivity contribution in [3.05, 3.63) is 40.4 Å². The molecule has 1 aromatic heterocycles. The molecule has 0 saturated heterocycles. The Morgan fingerprint density at radius 2 is 2.16 bits per heavy atom. The lowest BCUT2D eigenvalue weighted by Gasteiger charge is -2.07. The largest absolute Gasteiger partial charge is 0.292 e. The summed E-state index contributed by atoms with van der Waals surface area (Å²) in [7, 11) is 0. The number of hydrogen-bond acceptors (Lipinski definition) is 3. The normalized spacial score (nSPS) is 10.7. The minimum Gasteiger partial charge on any atom is -0.292 e. The second-order valence-corrected chi connectivity index (χ2v) is 4.41. The zero-order chi connectivity index (χ0) is 14.0. The van der Waals surface area contributed by atoms with E-state index >= 15 is 0 Å². The van der Waals surface area contributed by atoms with Crippen molar-refractivity contribution >= 4 is 17.4 Å². The smallest absolute Gasteiger partial charge is 0.184 e. The Balaban J connectivity index is 2.60. The third-order valence-electron chi connectivity index (χ3n) is 2.84. The Labute approximate surface area is 115 Å². The van der Waals surface area contributed by atoms with Crippen molar-refractivity contribution in [3.8, 4) is 5.69 Å². The fraction of sp³-hybridized carbons (Fsp3) is 0.308. The predicted molar refractivity (Wildman–Crippen MR) is 70.3 cm³/mol. The van der Waals surface area contributed by atoms with Gasteiger partial charge in [0.2, 0.25) is 0 Å². The molecule has 0 N–H and O–H groups in total. The number of ketones is 1. The van der Waals surface area contributed by atoms with Crippen LogP contribution in [0, 0.1) is 5.82 Å². The van der Waals surface area contributed by atoms with Crippen LogP contribution in [0.4, 0.5) is 4.39 Å². The first-order valence-electron chi connectivity index (χ1n) is 6.02. The summed E-state index contributed by atoms with van der Waals surface area (Å²) in [4.78, 5) is 11.8. The van der Waals surface area contributed by atoms with Crippen molar-refractivity contribution in [2.75, 3.05) is 0 Å². The second-order valence-electron chi connectivity index (χ2n) is 4.00. The molecular weight excluding hydrogens is 269 g/mol. The topological polar surface area (TPSA) is 47.8 Å². The van der Waals surface area contributed by atoms with Crippen molar-refractivity contribution in [2.24, 2.45) is 0 Å². The molecule has 0 unspecified atom stereocenters. The average molecular weight is 282 g/mol. The molecule has 1 aromatic carbocycles. The fourth-order valence-corrected chi connectivity index (χ4v) is 2.02. The molecule has 19 heavy (non-hydrogen) atoms. The SMILES string of the molecule is CCC(=O)c1nnn(-c2cccc(Cl)c2F)c1CC. The lowest BCUT2D eigenvalue weighted by Crippen LogP contribution is -2.07. The molecule has 0 spiro atoms. The molecule has 100 valence electrons. The number of hydrogen-bond donors (Lipinski definition) is 0. The minimum atomic E-state index is -0.570. The number of Topliss-reactive ketones (excluding diaryl/α,β-unsaturated/α-hetero) is 1. The summed E-state index contributed by atoms with van der Waals surface area (Å²) < 4.78 is 15.3. The zero-order valence-electron chi connectivity index (χ0n) is 10.7. The van der Waals surface area contributed by atoms with Gasteiger partial charge in [-0.1, -0.05) is 36.7 Å². The van der Waals surface area contributed by atoms with Gasteiger partial charge in [0, 0.05) is 6.42 Å². The van der Waals surface area contributed by atoms with E-state index < -0.39 is 5.82 Å². The number of halogens is 2. The Bertz CT molecular complexity index is 624. The van der Waals surface area contributed by atoms with Crippen LogP contribution < -0.4 is 0 Å². The maximum Gasteiger partial charge on any atom is 0.184 e. The van der Waals surface area contributed by atoms with Crippen LogP contribution in [0.15, 0.2) is 18.2 Å². The first-order valence-corrected chi connectivity index (χ1v) is 6.40. The Morgan fingerprint density at radius 1 is 1.42 bits per heavy atom. The number of carbonyl (C=O) groups is 1. The van der Waals surface area contributed by atoms with Gasteiger partial charge in [-0.3, -0.25) is 4.79 Å². The lowest BCUT2D eigenvalue weighted by molar-refractivity contribution is 0.0982. The predicted octanol–water partition coefficient (Wildman–Crippen LogP) is 3.21. The highest BCUT2D eigenvalue weighted by Crippen LogP contribution is 2.23. The molecule has 2 rings (SSSR count). The molecular formula is C13H13ClFN3O. The molecule has 6 heteroatoms. The van der Waals surface area contributed by atoms with Gasteiger partial charge in [0.1, 0.15) is 5.69 Å². The zero-order valence-corrected chi connectivity index (χ0v) is 11.4. The van der Waals surface area contributed by atoms with Gasteiger partial charge in [0.25, 0.3) is 0 Å². The number of rotatable bonds is 4. The number of carbonyl (C=O) groups excluding carboxylic acids is 1. The van der Waals surface area contributed by atoms with E-state index in [1.807, 2.05) is 6.92 Å². The van der Waals surface area contributed by atoms with E-state index in [0.717, 1.165) is 0 Å². The quantitative estimate of drug-likeness (QED) is 0.809. The van der Waals surface area contributed by atoms with Gasteiger partial charge in [0.05, 0.1) is 10.7 Å². The van der Waals surface area contributed by atoms with E-state index in [2.05, 4.69) is 10.3 Å². The van der Waals surface area contributed by atoms with Crippen molar-refractivity contribution in [2.45, 2.75) is 26.7 Å². The van der Waals surface area contributed by atoms with Crippen LogP contribution in [0.3, 0.4) is 0 Å². The van der Waals surface area contributed by atoms with E-state index in [1.54, 1.807) is 19.1 Å². The molecule has 0 aliphatic carbocycles. The summed E-state index contributed by atoms with van der Waals surface area (Å²) in [5.74, 6) is -0.676. The van der Waals surface area contributed by atoms with E-state index in [9.17, 15) is 9.18 Å². The van der Waals surface area contributed by atoms with Gasteiger partial charge < -0.3 is 0 Å². The maximum atomic E-state index is 14.0. The van der Waals surface area contributed by atoms with E-state index in [0.29, 0.717) is 24.2 Å². The van der Waals surface area contributed by atoms with Crippen LogP contribution in [0.1, 0.15) is 36.5 Å². The highest BCUT2D eigenvalue weighted by molar-refractivity contribution is 6.30. The summed E-state index contributed by atoms with van der Waals surface area (Å²) in [5, 5.41) is 7.75. The standard InChI is InChI=1S/C13H13ClFN3O/c1-3-9-13(11(19)4-2)16-17-18(9)10-7-5-6-8(14)12(10)15/h5-7H,3-4H2,1-2H3. The van der Waals surface area contributed by atoms with Gasteiger partial charge in [-0.05, 0) is 18.6 Å². The van der Waals surface area contributed by atoms with Gasteiger partial charge in [-0.2, -0.15) is 0 Å². The molecule has 0 aliphatic heterocycles. The first kappa shape index (κ1) is 13.7. The molecule has 4 nitrogen and oxygen atoms in total. The average Bonchev–Trinajstić information content (AvgIpc) is 2.84. The molecule has 0 saturated carbocycles. The molecule has 0 fully saturated rings. The van der Waals surface area contributed by atoms with Crippen molar-refractivity contribution in [1.29, 1.82) is 0 Å². The number of aromatic nitrogens is 3. The molecule has 1 heterocycles. The molecule has 0 atom stereocenters. The van der Waals surface area contributed by atoms with Crippen molar-refractivity contribution < 1.29 is 9.18 Å². The Morgan fingerprint density at radius 3 is 2.79 bits per heavy atom. The lowest BCUT2D eigenvalue weighted by atomic mass is 10.1. The van der Waals surface area contributed by atoms with E-state index in [-0.39, 0.29) is 16.5 Å². The monoisotopic (exact) mass is 281 g/mol. The van der Waals surface area contributed by atoms with Gasteiger partial charge in [0.15, 0.2) is 17.3 Å². The van der Waals surface area contributed by atoms with Crippen LogP contribution >= 0.6 is 11.6 Å². The Hall–Kier alpha value is -1.75. The highest BCUT2D eigenvalue weighted by atomic mass is 35.5. The number of benzene rings is 1. The van der Waals surface area contributed by atoms with E-state index in [4.69, 9.17) is 11.6 Å². The summed E-state index contributed by atoms with van der Waals surface area (Å²) in [6.07, 6.45) is 0.865. The summed E-state index contributed by atoms with van der Waals surface area (Å²) >= 11 is 5.75. The summed E-state index contributed by atoms with van der Waals surface area (Å²) in [6.45, 7) is 3.62. The molecule has 0 amide bonds. The van der Waals surface area contributed by atoms with Crippen LogP contribution in [-0.2, 0) is 6.42 Å². The third-order valence-corrected chi connectivity index (χ3v) is 3.13. The summed E-state index contributed by atoms with van der Waals surface area (Å²) in [5.41, 5.74) is 1.09. The van der Waals surface area contributed by atoms with Crippen molar-refractivity contribution in [3.63, 3.8) is 0 Å². The fourth-order valence-electron chi connectivity index (χ4n) is 1.85. The first-order chi connectivity index (χ1) is 9.10. The highest BCUT2D eigenvalue weighted by Gasteiger charge is 2.20. The molecule has 0 aliphatic rings. The van der Waals surface area contributed by atoms with Gasteiger partial charge in [-0.15, -0.1) is 5.10 Å². The maximum absolute atomic E-state index is 14.0. The Kier molecular flexibility index (Phi) is 3.95. The summed E-state index contributed by atoms with van der Waals surface area (Å²) in [6, 6.07) is 4.64. The van der Waals surface area contributed by atoms with Gasteiger partial charge in [-0.25, -0.2) is 9.07 Å². The molecule has 0 radical (unpaired) electrons.